The van der Waals surface area contributed by atoms with Crippen LogP contribution in [0.5, 0.6) is 5.75 Å². The van der Waals surface area contributed by atoms with E-state index in [1.807, 2.05) is 4.72 Å². The number of carbonyl (C=O) groups is 2. The average Bonchev–Trinajstić information content (AvgIpc) is 3.79. The van der Waals surface area contributed by atoms with Gasteiger partial charge < -0.3 is 9.84 Å². The summed E-state index contributed by atoms with van der Waals surface area (Å²) in [6, 6.07) is 8.95. The van der Waals surface area contributed by atoms with Crippen molar-refractivity contribution in [3.05, 3.63) is 64.7 Å². The summed E-state index contributed by atoms with van der Waals surface area (Å²) in [7, 11) is -3.74. The Bertz CT molecular complexity index is 1370. The van der Waals surface area contributed by atoms with E-state index in [4.69, 9.17) is 14.6 Å². The number of likely N-dealkylation sites (tertiary alicyclic amines) is 1. The van der Waals surface area contributed by atoms with Gasteiger partial charge in [-0.3, -0.25) is 9.69 Å². The Morgan fingerprint density at radius 1 is 0.976 bits per heavy atom. The second-order valence-corrected chi connectivity index (χ2v) is 12.3. The molecule has 1 amide bonds. The van der Waals surface area contributed by atoms with Gasteiger partial charge in [0.25, 0.3) is 5.91 Å². The van der Waals surface area contributed by atoms with Crippen molar-refractivity contribution in [1.29, 1.82) is 0 Å². The molecule has 0 unspecified atom stereocenters. The highest BCUT2D eigenvalue weighted by molar-refractivity contribution is 7.91. The van der Waals surface area contributed by atoms with Gasteiger partial charge in [-0.05, 0) is 92.0 Å². The number of alkyl halides is 3. The molecule has 0 bridgehead atoms. The lowest BCUT2D eigenvalue weighted by Gasteiger charge is -2.32. The van der Waals surface area contributed by atoms with Crippen molar-refractivity contribution in [2.45, 2.75) is 68.5 Å². The largest absolute Gasteiger partial charge is 0.490 e. The van der Waals surface area contributed by atoms with Gasteiger partial charge in [0.2, 0.25) is 10.0 Å². The van der Waals surface area contributed by atoms with E-state index in [9.17, 15) is 35.2 Å². The van der Waals surface area contributed by atoms with Crippen molar-refractivity contribution < 1.29 is 49.8 Å². The maximum atomic E-state index is 14.9. The van der Waals surface area contributed by atoms with Gasteiger partial charge >= 0.3 is 12.1 Å². The number of ether oxygens (including phenoxy) is 1. The number of carboxylic acids is 1. The number of carboxylic acid groups (broad SMARTS) is 1. The molecule has 0 aromatic heterocycles. The summed E-state index contributed by atoms with van der Waals surface area (Å²) in [6.45, 7) is 2.12. The van der Waals surface area contributed by atoms with Crippen LogP contribution in [0.2, 0.25) is 0 Å². The van der Waals surface area contributed by atoms with Crippen molar-refractivity contribution >= 4 is 21.9 Å². The molecule has 1 aliphatic heterocycles. The Balaban J connectivity index is 0.000000493. The molecule has 0 radical (unpaired) electrons. The first-order valence-corrected chi connectivity index (χ1v) is 14.6. The zero-order valence-corrected chi connectivity index (χ0v) is 22.6. The summed E-state index contributed by atoms with van der Waals surface area (Å²) < 4.78 is 92.0. The van der Waals surface area contributed by atoms with Crippen LogP contribution < -0.4 is 9.46 Å². The predicted octanol–water partition coefficient (Wildman–Crippen LogP) is 4.74. The molecule has 41 heavy (non-hydrogen) atoms. The molecule has 1 saturated heterocycles. The molecule has 5 rings (SSSR count). The summed E-state index contributed by atoms with van der Waals surface area (Å²) in [5, 5.41) is 6.58. The number of aliphatic carboxylic acids is 1. The molecular weight excluding hydrogens is 575 g/mol. The SMILES string of the molecule is O=C(NS(=O)(=O)C1CC1)c1cc(C2CC2)c(CN2CCC(Oc3ccc(F)cc3)CC2)cc1F.O=C(O)C(F)(F)F. The molecule has 2 N–H and O–H groups in total. The summed E-state index contributed by atoms with van der Waals surface area (Å²) in [4.78, 5) is 23.7. The summed E-state index contributed by atoms with van der Waals surface area (Å²) in [5.41, 5.74) is 1.57. The van der Waals surface area contributed by atoms with Crippen molar-refractivity contribution in [2.75, 3.05) is 13.1 Å². The molecular formula is C27H29F5N2O6S. The minimum atomic E-state index is -5.08. The quantitative estimate of drug-likeness (QED) is 0.419. The van der Waals surface area contributed by atoms with Crippen LogP contribution >= 0.6 is 0 Å². The molecule has 3 aliphatic rings. The van der Waals surface area contributed by atoms with Gasteiger partial charge in [0.15, 0.2) is 0 Å². The van der Waals surface area contributed by atoms with E-state index in [2.05, 4.69) is 4.90 Å². The van der Waals surface area contributed by atoms with Gasteiger partial charge in [-0.1, -0.05) is 0 Å². The van der Waals surface area contributed by atoms with Crippen LogP contribution in [0.15, 0.2) is 36.4 Å². The summed E-state index contributed by atoms with van der Waals surface area (Å²) in [5.74, 6) is -3.72. The van der Waals surface area contributed by atoms with Crippen molar-refractivity contribution in [2.24, 2.45) is 0 Å². The van der Waals surface area contributed by atoms with Gasteiger partial charge in [-0.2, -0.15) is 13.2 Å². The Kier molecular flexibility index (Phi) is 9.22. The van der Waals surface area contributed by atoms with Crippen molar-refractivity contribution in [1.82, 2.24) is 9.62 Å². The first-order valence-electron chi connectivity index (χ1n) is 13.1. The lowest BCUT2D eigenvalue weighted by molar-refractivity contribution is -0.192. The third kappa shape index (κ3) is 8.62. The Hall–Kier alpha value is -3.26. The number of halogens is 5. The third-order valence-electron chi connectivity index (χ3n) is 6.98. The minimum absolute atomic E-state index is 0.0424. The van der Waals surface area contributed by atoms with E-state index in [0.717, 1.165) is 49.9 Å². The van der Waals surface area contributed by atoms with Crippen molar-refractivity contribution in [3.63, 3.8) is 0 Å². The number of sulfonamides is 1. The number of carbonyl (C=O) groups excluding carboxylic acids is 1. The van der Waals surface area contributed by atoms with Gasteiger partial charge in [0.05, 0.1) is 10.8 Å². The second kappa shape index (κ2) is 12.3. The van der Waals surface area contributed by atoms with Gasteiger partial charge in [-0.15, -0.1) is 0 Å². The minimum Gasteiger partial charge on any atom is -0.490 e. The topological polar surface area (TPSA) is 113 Å². The monoisotopic (exact) mass is 604 g/mol. The molecule has 3 fully saturated rings. The van der Waals surface area contributed by atoms with Crippen molar-refractivity contribution in [3.8, 4) is 5.75 Å². The third-order valence-corrected chi connectivity index (χ3v) is 8.80. The van der Waals surface area contributed by atoms with Crippen LogP contribution in [0.4, 0.5) is 22.0 Å². The molecule has 2 aromatic carbocycles. The maximum absolute atomic E-state index is 14.9. The van der Waals surface area contributed by atoms with Crippen LogP contribution in [0.25, 0.3) is 0 Å². The zero-order chi connectivity index (χ0) is 29.9. The molecule has 1 heterocycles. The highest BCUT2D eigenvalue weighted by Crippen LogP contribution is 2.43. The summed E-state index contributed by atoms with van der Waals surface area (Å²) in [6.07, 6.45) is -0.412. The first kappa shape index (κ1) is 30.7. The van der Waals surface area contributed by atoms with E-state index in [-0.39, 0.29) is 23.4 Å². The van der Waals surface area contributed by atoms with Crippen LogP contribution in [-0.4, -0.2) is 60.9 Å². The second-order valence-electron chi connectivity index (χ2n) is 10.3. The lowest BCUT2D eigenvalue weighted by Crippen LogP contribution is -2.38. The number of nitrogens with zero attached hydrogens (tertiary/aromatic N) is 1. The van der Waals surface area contributed by atoms with Crippen LogP contribution in [0, 0.1) is 11.6 Å². The molecule has 2 aliphatic carbocycles. The van der Waals surface area contributed by atoms with E-state index in [0.29, 0.717) is 25.1 Å². The smallest absolute Gasteiger partial charge is 0.490 e. The first-order chi connectivity index (χ1) is 19.2. The summed E-state index contributed by atoms with van der Waals surface area (Å²) >= 11 is 0. The lowest BCUT2D eigenvalue weighted by atomic mass is 9.97. The molecule has 8 nitrogen and oxygen atoms in total. The Labute approximate surface area is 233 Å². The highest BCUT2D eigenvalue weighted by atomic mass is 32.2. The fourth-order valence-electron chi connectivity index (χ4n) is 4.49. The number of rotatable bonds is 8. The average molecular weight is 605 g/mol. The number of amides is 1. The van der Waals surface area contributed by atoms with E-state index < -0.39 is 39.1 Å². The number of benzene rings is 2. The molecule has 14 heteroatoms. The van der Waals surface area contributed by atoms with Crippen LogP contribution in [-0.2, 0) is 21.4 Å². The van der Waals surface area contributed by atoms with E-state index in [1.54, 1.807) is 18.2 Å². The molecule has 2 aromatic rings. The van der Waals surface area contributed by atoms with E-state index in [1.165, 1.54) is 18.2 Å². The number of hydrogen-bond acceptors (Lipinski definition) is 6. The Morgan fingerprint density at radius 2 is 1.56 bits per heavy atom. The van der Waals surface area contributed by atoms with Gasteiger partial charge in [0.1, 0.15) is 23.5 Å². The fraction of sp³-hybridized carbons (Fsp3) is 0.481. The molecule has 0 spiro atoms. The number of hydrogen-bond donors (Lipinski definition) is 2. The molecule has 224 valence electrons. The van der Waals surface area contributed by atoms with Crippen LogP contribution in [0.1, 0.15) is 65.9 Å². The van der Waals surface area contributed by atoms with E-state index >= 15 is 0 Å². The Morgan fingerprint density at radius 3 is 2.07 bits per heavy atom. The zero-order valence-electron chi connectivity index (χ0n) is 21.8. The highest BCUT2D eigenvalue weighted by Gasteiger charge is 2.39. The molecule has 0 atom stereocenters. The van der Waals surface area contributed by atoms with Crippen LogP contribution in [0.3, 0.4) is 0 Å². The molecule has 2 saturated carbocycles. The maximum Gasteiger partial charge on any atom is 0.490 e. The predicted molar refractivity (Wildman–Crippen MR) is 137 cm³/mol. The fourth-order valence-corrected chi connectivity index (χ4v) is 5.79. The van der Waals surface area contributed by atoms with Gasteiger partial charge in [0, 0.05) is 19.6 Å². The van der Waals surface area contributed by atoms with Gasteiger partial charge in [-0.25, -0.2) is 26.7 Å². The standard InChI is InChI=1S/C25H28F2N2O4S.C2HF3O2/c26-18-3-5-19(6-4-18)33-20-9-11-29(12-10-20)15-17-13-24(27)23(14-22(17)16-1-2-16)25(30)28-34(31,32)21-7-8-21;3-2(4,5)1(6)7/h3-6,13-14,16,20-21H,1-2,7-12,15H2,(H,28,30);(H,6,7). The number of piperidine rings is 1. The number of nitrogens with one attached hydrogen (secondary N) is 1. The normalized spacial score (nSPS) is 18.3.